The van der Waals surface area contributed by atoms with Crippen molar-refractivity contribution in [2.24, 2.45) is 5.73 Å². The third kappa shape index (κ3) is 2.98. The van der Waals surface area contributed by atoms with Crippen LogP contribution in [0, 0.1) is 13.8 Å². The Morgan fingerprint density at radius 2 is 1.94 bits per heavy atom. The monoisotopic (exact) mass is 285 g/mol. The number of halogens is 1. The van der Waals surface area contributed by atoms with Crippen molar-refractivity contribution in [3.63, 3.8) is 0 Å². The van der Waals surface area contributed by atoms with Crippen LogP contribution in [0.3, 0.4) is 0 Å². The summed E-state index contributed by atoms with van der Waals surface area (Å²) in [5, 5.41) is 0. The van der Waals surface area contributed by atoms with Gasteiger partial charge in [-0.2, -0.15) is 0 Å². The minimum absolute atomic E-state index is 0.758. The fourth-order valence-electron chi connectivity index (χ4n) is 1.94. The highest BCUT2D eigenvalue weighted by atomic mass is 79.9. The van der Waals surface area contributed by atoms with E-state index in [2.05, 4.69) is 35.8 Å². The van der Waals surface area contributed by atoms with Crippen molar-refractivity contribution in [3.8, 4) is 5.75 Å². The SMILES string of the molecule is COc1c(Br)c(C)cc(C)c1CCCCN. The van der Waals surface area contributed by atoms with Crippen molar-refractivity contribution >= 4 is 15.9 Å². The van der Waals surface area contributed by atoms with E-state index < -0.39 is 0 Å². The molecule has 0 fully saturated rings. The lowest BCUT2D eigenvalue weighted by Crippen LogP contribution is -2.02. The van der Waals surface area contributed by atoms with Gasteiger partial charge in [0.1, 0.15) is 5.75 Å². The molecule has 0 saturated carbocycles. The van der Waals surface area contributed by atoms with Crippen LogP contribution in [0.2, 0.25) is 0 Å². The number of nitrogens with two attached hydrogens (primary N) is 1. The number of ether oxygens (including phenoxy) is 1. The number of methoxy groups -OCH3 is 1. The summed E-state index contributed by atoms with van der Waals surface area (Å²) in [5.74, 6) is 0.981. The van der Waals surface area contributed by atoms with E-state index in [1.165, 1.54) is 16.7 Å². The van der Waals surface area contributed by atoms with Crippen molar-refractivity contribution in [1.82, 2.24) is 0 Å². The average molecular weight is 286 g/mol. The molecule has 0 bridgehead atoms. The molecule has 0 unspecified atom stereocenters. The van der Waals surface area contributed by atoms with Gasteiger partial charge in [-0.3, -0.25) is 0 Å². The Kier molecular flexibility index (Phi) is 5.29. The molecule has 0 amide bonds. The topological polar surface area (TPSA) is 35.2 Å². The van der Waals surface area contributed by atoms with Gasteiger partial charge in [-0.25, -0.2) is 0 Å². The van der Waals surface area contributed by atoms with Crippen LogP contribution in [-0.4, -0.2) is 13.7 Å². The number of unbranched alkanes of at least 4 members (excludes halogenated alkanes) is 1. The van der Waals surface area contributed by atoms with Gasteiger partial charge >= 0.3 is 0 Å². The van der Waals surface area contributed by atoms with Gasteiger partial charge in [0, 0.05) is 0 Å². The van der Waals surface area contributed by atoms with E-state index in [1.807, 2.05) is 0 Å². The summed E-state index contributed by atoms with van der Waals surface area (Å²) >= 11 is 3.58. The van der Waals surface area contributed by atoms with Gasteiger partial charge in [-0.05, 0) is 72.3 Å². The maximum atomic E-state index is 5.51. The molecule has 0 spiro atoms. The molecule has 90 valence electrons. The van der Waals surface area contributed by atoms with E-state index >= 15 is 0 Å². The van der Waals surface area contributed by atoms with E-state index in [-0.39, 0.29) is 0 Å². The summed E-state index contributed by atoms with van der Waals surface area (Å²) in [6.45, 7) is 4.98. The Balaban J connectivity index is 3.01. The van der Waals surface area contributed by atoms with Gasteiger partial charge in [0.2, 0.25) is 0 Å². The van der Waals surface area contributed by atoms with Crippen molar-refractivity contribution in [2.75, 3.05) is 13.7 Å². The zero-order valence-corrected chi connectivity index (χ0v) is 11.9. The second-order valence-corrected chi connectivity index (χ2v) is 4.87. The molecule has 0 heterocycles. The van der Waals surface area contributed by atoms with Gasteiger partial charge < -0.3 is 10.5 Å². The number of aryl methyl sites for hydroxylation is 2. The number of hydrogen-bond donors (Lipinski definition) is 1. The first-order valence-electron chi connectivity index (χ1n) is 5.64. The Morgan fingerprint density at radius 3 is 2.50 bits per heavy atom. The molecule has 1 rings (SSSR count). The smallest absolute Gasteiger partial charge is 0.136 e. The Morgan fingerprint density at radius 1 is 1.25 bits per heavy atom. The van der Waals surface area contributed by atoms with Crippen molar-refractivity contribution in [3.05, 3.63) is 27.2 Å². The van der Waals surface area contributed by atoms with E-state index in [1.54, 1.807) is 7.11 Å². The van der Waals surface area contributed by atoms with E-state index in [0.29, 0.717) is 0 Å². The quantitative estimate of drug-likeness (QED) is 0.842. The normalized spacial score (nSPS) is 10.6. The summed E-state index contributed by atoms with van der Waals surface area (Å²) in [6, 6.07) is 2.20. The summed E-state index contributed by atoms with van der Waals surface area (Å²) in [5.41, 5.74) is 9.33. The molecule has 0 saturated heterocycles. The van der Waals surface area contributed by atoms with Crippen LogP contribution < -0.4 is 10.5 Å². The standard InChI is InChI=1S/C13H20BrNO/c1-9-8-10(2)12(14)13(16-3)11(9)6-4-5-7-15/h8H,4-7,15H2,1-3H3. The van der Waals surface area contributed by atoms with Crippen LogP contribution >= 0.6 is 15.9 Å². The zero-order chi connectivity index (χ0) is 12.1. The van der Waals surface area contributed by atoms with Crippen molar-refractivity contribution in [2.45, 2.75) is 33.1 Å². The maximum Gasteiger partial charge on any atom is 0.136 e. The first-order chi connectivity index (χ1) is 7.61. The van der Waals surface area contributed by atoms with Crippen LogP contribution in [0.5, 0.6) is 5.75 Å². The first kappa shape index (κ1) is 13.5. The van der Waals surface area contributed by atoms with Gasteiger partial charge in [-0.15, -0.1) is 0 Å². The molecule has 1 aromatic rings. The Hall–Kier alpha value is -0.540. The predicted octanol–water partition coefficient (Wildman–Crippen LogP) is 3.36. The highest BCUT2D eigenvalue weighted by Gasteiger charge is 2.12. The number of hydrogen-bond acceptors (Lipinski definition) is 2. The maximum absolute atomic E-state index is 5.51. The molecule has 2 nitrogen and oxygen atoms in total. The molecule has 2 N–H and O–H groups in total. The van der Waals surface area contributed by atoms with Crippen LogP contribution in [0.4, 0.5) is 0 Å². The van der Waals surface area contributed by atoms with Crippen LogP contribution in [0.1, 0.15) is 29.5 Å². The summed E-state index contributed by atoms with van der Waals surface area (Å²) in [7, 11) is 1.73. The Bertz CT molecular complexity index is 363. The van der Waals surface area contributed by atoms with Gasteiger partial charge in [0.25, 0.3) is 0 Å². The molecule has 0 atom stereocenters. The third-order valence-electron chi connectivity index (χ3n) is 2.81. The van der Waals surface area contributed by atoms with Gasteiger partial charge in [-0.1, -0.05) is 6.07 Å². The lowest BCUT2D eigenvalue weighted by Gasteiger charge is -2.15. The molecule has 0 aliphatic carbocycles. The fourth-order valence-corrected chi connectivity index (χ4v) is 2.45. The third-order valence-corrected chi connectivity index (χ3v) is 3.80. The number of rotatable bonds is 5. The molecule has 0 aromatic heterocycles. The van der Waals surface area contributed by atoms with Crippen molar-refractivity contribution in [1.29, 1.82) is 0 Å². The molecular weight excluding hydrogens is 266 g/mol. The molecule has 0 aliphatic rings. The lowest BCUT2D eigenvalue weighted by molar-refractivity contribution is 0.405. The zero-order valence-electron chi connectivity index (χ0n) is 10.3. The highest BCUT2D eigenvalue weighted by Crippen LogP contribution is 2.35. The van der Waals surface area contributed by atoms with Crippen molar-refractivity contribution < 1.29 is 4.74 Å². The minimum Gasteiger partial charge on any atom is -0.495 e. The summed E-state index contributed by atoms with van der Waals surface area (Å²) in [6.07, 6.45) is 3.21. The van der Waals surface area contributed by atoms with Gasteiger partial charge in [0.15, 0.2) is 0 Å². The van der Waals surface area contributed by atoms with E-state index in [9.17, 15) is 0 Å². The summed E-state index contributed by atoms with van der Waals surface area (Å²) < 4.78 is 6.56. The average Bonchev–Trinajstić information content (AvgIpc) is 2.26. The van der Waals surface area contributed by atoms with E-state index in [0.717, 1.165) is 36.0 Å². The predicted molar refractivity (Wildman–Crippen MR) is 72.2 cm³/mol. The summed E-state index contributed by atoms with van der Waals surface area (Å²) in [4.78, 5) is 0. The van der Waals surface area contributed by atoms with Crippen LogP contribution in [0.25, 0.3) is 0 Å². The molecular formula is C13H20BrNO. The second-order valence-electron chi connectivity index (χ2n) is 4.08. The van der Waals surface area contributed by atoms with Gasteiger partial charge in [0.05, 0.1) is 11.6 Å². The fraction of sp³-hybridized carbons (Fsp3) is 0.538. The van der Waals surface area contributed by atoms with Crippen LogP contribution in [0.15, 0.2) is 10.5 Å². The molecule has 0 aliphatic heterocycles. The first-order valence-corrected chi connectivity index (χ1v) is 6.43. The minimum atomic E-state index is 0.758. The highest BCUT2D eigenvalue weighted by molar-refractivity contribution is 9.10. The van der Waals surface area contributed by atoms with E-state index in [4.69, 9.17) is 10.5 Å². The molecule has 0 radical (unpaired) electrons. The largest absolute Gasteiger partial charge is 0.495 e. The number of benzene rings is 1. The van der Waals surface area contributed by atoms with Crippen LogP contribution in [-0.2, 0) is 6.42 Å². The molecule has 1 aromatic carbocycles. The Labute approximate surface area is 106 Å². The molecule has 3 heteroatoms. The lowest BCUT2D eigenvalue weighted by atomic mass is 9.99. The molecule has 16 heavy (non-hydrogen) atoms. The second kappa shape index (κ2) is 6.26.